The van der Waals surface area contributed by atoms with Crippen LogP contribution in [0, 0.1) is 5.82 Å². The van der Waals surface area contributed by atoms with Gasteiger partial charge in [-0.1, -0.05) is 30.3 Å². The standard InChI is InChI=1S/C18H13FN4/c19-14-6-8-15(9-7-14)21-18-12-16(13-4-2-1-3-5-13)22-17-10-11-20-23(17)18/h1-12,21H. The van der Waals surface area contributed by atoms with Gasteiger partial charge in [-0.2, -0.15) is 9.61 Å². The van der Waals surface area contributed by atoms with Crippen molar-refractivity contribution in [1.82, 2.24) is 14.6 Å². The van der Waals surface area contributed by atoms with Gasteiger partial charge in [0, 0.05) is 23.4 Å². The predicted molar refractivity (Wildman–Crippen MR) is 88.1 cm³/mol. The second kappa shape index (κ2) is 5.53. The van der Waals surface area contributed by atoms with Crippen LogP contribution in [0.1, 0.15) is 0 Å². The van der Waals surface area contributed by atoms with Gasteiger partial charge in [0.1, 0.15) is 11.6 Å². The Labute approximate surface area is 132 Å². The van der Waals surface area contributed by atoms with Crippen molar-refractivity contribution in [2.24, 2.45) is 0 Å². The summed E-state index contributed by atoms with van der Waals surface area (Å²) in [6, 6.07) is 19.9. The van der Waals surface area contributed by atoms with E-state index in [1.165, 1.54) is 12.1 Å². The van der Waals surface area contributed by atoms with Crippen LogP contribution in [0.2, 0.25) is 0 Å². The third-order valence-electron chi connectivity index (χ3n) is 3.55. The second-order valence-electron chi connectivity index (χ2n) is 5.13. The van der Waals surface area contributed by atoms with E-state index in [2.05, 4.69) is 15.4 Å². The molecule has 0 aliphatic heterocycles. The fourth-order valence-corrected chi connectivity index (χ4v) is 2.44. The highest BCUT2D eigenvalue weighted by atomic mass is 19.1. The average Bonchev–Trinajstić information content (AvgIpc) is 3.06. The Hall–Kier alpha value is -3.21. The largest absolute Gasteiger partial charge is 0.340 e. The molecule has 0 saturated heterocycles. The van der Waals surface area contributed by atoms with Crippen LogP contribution >= 0.6 is 0 Å². The van der Waals surface area contributed by atoms with Crippen LogP contribution in [0.15, 0.2) is 72.9 Å². The van der Waals surface area contributed by atoms with Crippen molar-refractivity contribution < 1.29 is 4.39 Å². The van der Waals surface area contributed by atoms with Crippen molar-refractivity contribution in [2.75, 3.05) is 5.32 Å². The number of nitrogens with one attached hydrogen (secondary N) is 1. The van der Waals surface area contributed by atoms with E-state index >= 15 is 0 Å². The molecule has 2 heterocycles. The van der Waals surface area contributed by atoms with Crippen molar-refractivity contribution in [1.29, 1.82) is 0 Å². The van der Waals surface area contributed by atoms with Crippen LogP contribution in [0.25, 0.3) is 16.9 Å². The van der Waals surface area contributed by atoms with Crippen LogP contribution in [-0.4, -0.2) is 14.6 Å². The van der Waals surface area contributed by atoms with Gasteiger partial charge in [-0.25, -0.2) is 9.37 Å². The molecule has 2 aromatic carbocycles. The zero-order valence-corrected chi connectivity index (χ0v) is 12.1. The lowest BCUT2D eigenvalue weighted by Crippen LogP contribution is -2.02. The molecule has 0 aliphatic carbocycles. The first-order valence-electron chi connectivity index (χ1n) is 7.22. The molecule has 0 bridgehead atoms. The number of benzene rings is 2. The Bertz CT molecular complexity index is 946. The van der Waals surface area contributed by atoms with Gasteiger partial charge in [0.15, 0.2) is 5.65 Å². The highest BCUT2D eigenvalue weighted by Crippen LogP contribution is 2.24. The van der Waals surface area contributed by atoms with Crippen LogP contribution in [0.5, 0.6) is 0 Å². The van der Waals surface area contributed by atoms with E-state index in [4.69, 9.17) is 0 Å². The fraction of sp³-hybridized carbons (Fsp3) is 0. The first kappa shape index (κ1) is 13.5. The summed E-state index contributed by atoms with van der Waals surface area (Å²) in [6.45, 7) is 0. The molecule has 0 fully saturated rings. The van der Waals surface area contributed by atoms with Gasteiger partial charge >= 0.3 is 0 Å². The Kier molecular flexibility index (Phi) is 3.24. The lowest BCUT2D eigenvalue weighted by Gasteiger charge is -2.10. The second-order valence-corrected chi connectivity index (χ2v) is 5.13. The topological polar surface area (TPSA) is 42.2 Å². The SMILES string of the molecule is Fc1ccc(Nc2cc(-c3ccccc3)nc3ccnn23)cc1. The minimum absolute atomic E-state index is 0.264. The minimum atomic E-state index is -0.264. The summed E-state index contributed by atoms with van der Waals surface area (Å²) in [5, 5.41) is 7.55. The number of halogens is 1. The highest BCUT2D eigenvalue weighted by Gasteiger charge is 2.08. The fourth-order valence-electron chi connectivity index (χ4n) is 2.44. The maximum Gasteiger partial charge on any atom is 0.157 e. The van der Waals surface area contributed by atoms with E-state index in [9.17, 15) is 4.39 Å². The molecule has 0 spiro atoms. The average molecular weight is 304 g/mol. The number of rotatable bonds is 3. The predicted octanol–water partition coefficient (Wildman–Crippen LogP) is 4.28. The summed E-state index contributed by atoms with van der Waals surface area (Å²) >= 11 is 0. The van der Waals surface area contributed by atoms with Crippen LogP contribution in [0.3, 0.4) is 0 Å². The summed E-state index contributed by atoms with van der Waals surface area (Å²) in [6.07, 6.45) is 1.70. The molecule has 2 aromatic heterocycles. The van der Waals surface area contributed by atoms with Gasteiger partial charge in [0.2, 0.25) is 0 Å². The van der Waals surface area contributed by atoms with Crippen LogP contribution < -0.4 is 5.32 Å². The molecule has 112 valence electrons. The number of hydrogen-bond acceptors (Lipinski definition) is 3. The smallest absolute Gasteiger partial charge is 0.157 e. The van der Waals surface area contributed by atoms with Gasteiger partial charge in [-0.15, -0.1) is 0 Å². The Morgan fingerprint density at radius 1 is 0.913 bits per heavy atom. The van der Waals surface area contributed by atoms with Crippen LogP contribution in [0.4, 0.5) is 15.9 Å². The molecule has 0 amide bonds. The number of nitrogens with zero attached hydrogens (tertiary/aromatic N) is 3. The summed E-state index contributed by atoms with van der Waals surface area (Å²) in [7, 11) is 0. The van der Waals surface area contributed by atoms with Crippen molar-refractivity contribution in [2.45, 2.75) is 0 Å². The molecule has 4 rings (SSSR count). The van der Waals surface area contributed by atoms with Crippen molar-refractivity contribution in [3.8, 4) is 11.3 Å². The zero-order valence-electron chi connectivity index (χ0n) is 12.1. The van der Waals surface area contributed by atoms with E-state index in [1.54, 1.807) is 22.8 Å². The van der Waals surface area contributed by atoms with E-state index in [-0.39, 0.29) is 5.82 Å². The zero-order chi connectivity index (χ0) is 15.6. The van der Waals surface area contributed by atoms with Gasteiger partial charge in [-0.3, -0.25) is 0 Å². The summed E-state index contributed by atoms with van der Waals surface area (Å²) < 4.78 is 14.8. The van der Waals surface area contributed by atoms with Gasteiger partial charge < -0.3 is 5.32 Å². The molecule has 0 atom stereocenters. The first-order chi connectivity index (χ1) is 11.3. The number of hydrogen-bond donors (Lipinski definition) is 1. The summed E-state index contributed by atoms with van der Waals surface area (Å²) in [4.78, 5) is 4.62. The minimum Gasteiger partial charge on any atom is -0.340 e. The molecular weight excluding hydrogens is 291 g/mol. The molecule has 0 saturated carbocycles. The molecule has 4 aromatic rings. The molecule has 0 unspecified atom stereocenters. The maximum absolute atomic E-state index is 13.1. The first-order valence-corrected chi connectivity index (χ1v) is 7.22. The molecule has 4 nitrogen and oxygen atoms in total. The quantitative estimate of drug-likeness (QED) is 0.614. The Balaban J connectivity index is 1.81. The van der Waals surface area contributed by atoms with E-state index in [0.717, 1.165) is 28.4 Å². The Morgan fingerprint density at radius 3 is 2.48 bits per heavy atom. The number of aromatic nitrogens is 3. The van der Waals surface area contributed by atoms with E-state index in [1.807, 2.05) is 42.5 Å². The lowest BCUT2D eigenvalue weighted by molar-refractivity contribution is 0.628. The van der Waals surface area contributed by atoms with E-state index in [0.29, 0.717) is 0 Å². The van der Waals surface area contributed by atoms with E-state index < -0.39 is 0 Å². The molecule has 5 heteroatoms. The number of anilines is 2. The molecule has 0 aliphatic rings. The lowest BCUT2D eigenvalue weighted by atomic mass is 10.1. The molecule has 1 N–H and O–H groups in total. The summed E-state index contributed by atoms with van der Waals surface area (Å²) in [5.41, 5.74) is 3.41. The normalized spacial score (nSPS) is 10.8. The van der Waals surface area contributed by atoms with Crippen molar-refractivity contribution >= 4 is 17.2 Å². The summed E-state index contributed by atoms with van der Waals surface area (Å²) in [5.74, 6) is 0.505. The monoisotopic (exact) mass is 304 g/mol. The molecule has 0 radical (unpaired) electrons. The third kappa shape index (κ3) is 2.64. The van der Waals surface area contributed by atoms with Crippen LogP contribution in [-0.2, 0) is 0 Å². The van der Waals surface area contributed by atoms with Gasteiger partial charge in [0.25, 0.3) is 0 Å². The molecular formula is C18H13FN4. The molecule has 23 heavy (non-hydrogen) atoms. The maximum atomic E-state index is 13.1. The Morgan fingerprint density at radius 2 is 1.70 bits per heavy atom. The third-order valence-corrected chi connectivity index (χ3v) is 3.55. The van der Waals surface area contributed by atoms with Gasteiger partial charge in [0.05, 0.1) is 11.9 Å². The van der Waals surface area contributed by atoms with Crippen molar-refractivity contribution in [3.05, 3.63) is 78.7 Å². The highest BCUT2D eigenvalue weighted by molar-refractivity contribution is 5.69. The number of fused-ring (bicyclic) bond motifs is 1. The van der Waals surface area contributed by atoms with Crippen molar-refractivity contribution in [3.63, 3.8) is 0 Å². The van der Waals surface area contributed by atoms with Gasteiger partial charge in [-0.05, 0) is 24.3 Å².